The average Bonchev–Trinajstić information content (AvgIpc) is 2.65. The Bertz CT molecular complexity index is 733. The van der Waals surface area contributed by atoms with E-state index in [2.05, 4.69) is 39.8 Å². The van der Waals surface area contributed by atoms with Crippen LogP contribution in [0.2, 0.25) is 5.02 Å². The fourth-order valence-corrected chi connectivity index (χ4v) is 3.35. The number of rotatable bonds is 5. The van der Waals surface area contributed by atoms with Gasteiger partial charge in [-0.2, -0.15) is 0 Å². The summed E-state index contributed by atoms with van der Waals surface area (Å²) in [5.41, 5.74) is 2.08. The van der Waals surface area contributed by atoms with Crippen LogP contribution in [0.25, 0.3) is 0 Å². The molecular weight excluding hydrogens is 353 g/mol. The maximum absolute atomic E-state index is 13.1. The van der Waals surface area contributed by atoms with Crippen LogP contribution in [0.5, 0.6) is 0 Å². The lowest BCUT2D eigenvalue weighted by atomic mass is 10.0. The summed E-state index contributed by atoms with van der Waals surface area (Å²) in [5, 5.41) is 5.88. The summed E-state index contributed by atoms with van der Waals surface area (Å²) >= 11 is 5.75. The van der Waals surface area contributed by atoms with Gasteiger partial charge in [-0.3, -0.25) is 4.90 Å². The molecule has 1 fully saturated rings. The van der Waals surface area contributed by atoms with Gasteiger partial charge in [-0.05, 0) is 36.1 Å². The zero-order chi connectivity index (χ0) is 18.4. The van der Waals surface area contributed by atoms with Crippen LogP contribution < -0.4 is 10.6 Å². The van der Waals surface area contributed by atoms with E-state index in [-0.39, 0.29) is 17.1 Å². The van der Waals surface area contributed by atoms with E-state index in [0.717, 1.165) is 38.0 Å². The molecule has 6 heteroatoms. The second-order valence-corrected chi connectivity index (χ2v) is 7.02. The lowest BCUT2D eigenvalue weighted by molar-refractivity contribution is 0.186. The van der Waals surface area contributed by atoms with E-state index in [4.69, 9.17) is 11.6 Å². The van der Waals surface area contributed by atoms with Gasteiger partial charge in [0, 0.05) is 32.2 Å². The predicted molar refractivity (Wildman–Crippen MR) is 102 cm³/mol. The minimum absolute atomic E-state index is 0.0653. The largest absolute Gasteiger partial charge is 0.335 e. The van der Waals surface area contributed by atoms with Crippen LogP contribution in [0.3, 0.4) is 0 Å². The summed E-state index contributed by atoms with van der Waals surface area (Å²) in [6.07, 6.45) is 1.87. The first kappa shape index (κ1) is 18.7. The van der Waals surface area contributed by atoms with Crippen molar-refractivity contribution in [1.82, 2.24) is 15.5 Å². The third-order valence-electron chi connectivity index (χ3n) is 4.61. The van der Waals surface area contributed by atoms with E-state index in [1.165, 1.54) is 17.7 Å². The van der Waals surface area contributed by atoms with Gasteiger partial charge in [0.1, 0.15) is 5.82 Å². The van der Waals surface area contributed by atoms with E-state index in [9.17, 15) is 9.18 Å². The summed E-state index contributed by atoms with van der Waals surface area (Å²) < 4.78 is 13.1. The van der Waals surface area contributed by atoms with Crippen LogP contribution in [-0.2, 0) is 13.1 Å². The minimum Gasteiger partial charge on any atom is -0.335 e. The SMILES string of the molecule is O=C(NCc1ccc(F)c(Cl)c1)NC1CCN(Cc2ccccc2)CC1. The Kier molecular flexibility index (Phi) is 6.47. The Balaban J connectivity index is 1.38. The number of piperidine rings is 1. The number of benzene rings is 2. The van der Waals surface area contributed by atoms with Crippen LogP contribution in [0.15, 0.2) is 48.5 Å². The smallest absolute Gasteiger partial charge is 0.315 e. The molecule has 2 aromatic rings. The number of carbonyl (C=O) groups is 1. The molecule has 1 saturated heterocycles. The molecule has 0 saturated carbocycles. The van der Waals surface area contributed by atoms with E-state index < -0.39 is 5.82 Å². The van der Waals surface area contributed by atoms with E-state index in [1.807, 2.05) is 6.07 Å². The average molecular weight is 376 g/mol. The third-order valence-corrected chi connectivity index (χ3v) is 4.90. The molecule has 1 heterocycles. The molecule has 0 aromatic heterocycles. The van der Waals surface area contributed by atoms with Crippen molar-refractivity contribution in [2.24, 2.45) is 0 Å². The quantitative estimate of drug-likeness (QED) is 0.831. The number of likely N-dealkylation sites (tertiary alicyclic amines) is 1. The Morgan fingerprint density at radius 2 is 1.85 bits per heavy atom. The summed E-state index contributed by atoms with van der Waals surface area (Å²) in [7, 11) is 0. The Hall–Kier alpha value is -2.11. The highest BCUT2D eigenvalue weighted by atomic mass is 35.5. The molecule has 3 rings (SSSR count). The van der Waals surface area contributed by atoms with Crippen molar-refractivity contribution in [2.45, 2.75) is 32.0 Å². The number of amides is 2. The van der Waals surface area contributed by atoms with Crippen molar-refractivity contribution < 1.29 is 9.18 Å². The number of nitrogens with zero attached hydrogens (tertiary/aromatic N) is 1. The van der Waals surface area contributed by atoms with Crippen molar-refractivity contribution in [3.05, 3.63) is 70.5 Å². The van der Waals surface area contributed by atoms with E-state index in [1.54, 1.807) is 6.07 Å². The lowest BCUT2D eigenvalue weighted by Gasteiger charge is -2.32. The van der Waals surface area contributed by atoms with Gasteiger partial charge in [0.2, 0.25) is 0 Å². The molecule has 26 heavy (non-hydrogen) atoms. The van der Waals surface area contributed by atoms with Crippen LogP contribution in [0.4, 0.5) is 9.18 Å². The van der Waals surface area contributed by atoms with Gasteiger partial charge in [0.25, 0.3) is 0 Å². The van der Waals surface area contributed by atoms with Gasteiger partial charge in [0.05, 0.1) is 5.02 Å². The summed E-state index contributed by atoms with van der Waals surface area (Å²) in [4.78, 5) is 14.5. The summed E-state index contributed by atoms with van der Waals surface area (Å²) in [6.45, 7) is 3.20. The van der Waals surface area contributed by atoms with Crippen LogP contribution in [0.1, 0.15) is 24.0 Å². The summed E-state index contributed by atoms with van der Waals surface area (Å²) in [5.74, 6) is -0.456. The number of halogens is 2. The molecule has 0 aliphatic carbocycles. The van der Waals surface area contributed by atoms with Crippen molar-refractivity contribution in [3.63, 3.8) is 0 Å². The lowest BCUT2D eigenvalue weighted by Crippen LogP contribution is -2.47. The minimum atomic E-state index is -0.456. The molecule has 138 valence electrons. The predicted octanol–water partition coefficient (Wildman–Crippen LogP) is 3.94. The first-order valence-electron chi connectivity index (χ1n) is 8.85. The standard InChI is InChI=1S/C20H23ClFN3O/c21-18-12-16(6-7-19(18)22)13-23-20(26)24-17-8-10-25(11-9-17)14-15-4-2-1-3-5-15/h1-7,12,17H,8-11,13-14H2,(H2,23,24,26). The molecule has 2 N–H and O–H groups in total. The van der Waals surface area contributed by atoms with Gasteiger partial charge in [-0.1, -0.05) is 48.0 Å². The monoisotopic (exact) mass is 375 g/mol. The first-order chi connectivity index (χ1) is 12.6. The first-order valence-corrected chi connectivity index (χ1v) is 9.22. The Labute approximate surface area is 158 Å². The molecule has 1 aliphatic rings. The zero-order valence-corrected chi connectivity index (χ0v) is 15.3. The second kappa shape index (κ2) is 9.01. The molecule has 4 nitrogen and oxygen atoms in total. The molecule has 0 unspecified atom stereocenters. The Morgan fingerprint density at radius 3 is 2.54 bits per heavy atom. The fourth-order valence-electron chi connectivity index (χ4n) is 3.15. The highest BCUT2D eigenvalue weighted by molar-refractivity contribution is 6.30. The molecular formula is C20H23ClFN3O. The van der Waals surface area contributed by atoms with Crippen molar-refractivity contribution in [2.75, 3.05) is 13.1 Å². The van der Waals surface area contributed by atoms with Crippen molar-refractivity contribution in [1.29, 1.82) is 0 Å². The number of nitrogens with one attached hydrogen (secondary N) is 2. The molecule has 0 spiro atoms. The normalized spacial score (nSPS) is 15.6. The van der Waals surface area contributed by atoms with E-state index >= 15 is 0 Å². The van der Waals surface area contributed by atoms with Gasteiger partial charge >= 0.3 is 6.03 Å². The fraction of sp³-hybridized carbons (Fsp3) is 0.350. The molecule has 2 amide bonds. The molecule has 1 aliphatic heterocycles. The van der Waals surface area contributed by atoms with Gasteiger partial charge in [-0.25, -0.2) is 9.18 Å². The second-order valence-electron chi connectivity index (χ2n) is 6.61. The van der Waals surface area contributed by atoms with Crippen LogP contribution in [0, 0.1) is 5.82 Å². The van der Waals surface area contributed by atoms with Crippen LogP contribution >= 0.6 is 11.6 Å². The van der Waals surface area contributed by atoms with Gasteiger partial charge < -0.3 is 10.6 Å². The number of hydrogen-bond acceptors (Lipinski definition) is 2. The van der Waals surface area contributed by atoms with E-state index in [0.29, 0.717) is 6.54 Å². The third kappa shape index (κ3) is 5.44. The number of urea groups is 1. The van der Waals surface area contributed by atoms with Gasteiger partial charge in [-0.15, -0.1) is 0 Å². The maximum Gasteiger partial charge on any atom is 0.315 e. The van der Waals surface area contributed by atoms with Gasteiger partial charge in [0.15, 0.2) is 0 Å². The molecule has 0 bridgehead atoms. The maximum atomic E-state index is 13.1. The zero-order valence-electron chi connectivity index (χ0n) is 14.6. The number of hydrogen-bond donors (Lipinski definition) is 2. The van der Waals surface area contributed by atoms with Crippen LogP contribution in [-0.4, -0.2) is 30.1 Å². The molecule has 2 aromatic carbocycles. The Morgan fingerprint density at radius 1 is 1.12 bits per heavy atom. The highest BCUT2D eigenvalue weighted by Crippen LogP contribution is 2.16. The summed E-state index contributed by atoms with van der Waals surface area (Å²) in [6, 6.07) is 14.8. The molecule has 0 atom stereocenters. The van der Waals surface area contributed by atoms with Crippen molar-refractivity contribution >= 4 is 17.6 Å². The highest BCUT2D eigenvalue weighted by Gasteiger charge is 2.20. The topological polar surface area (TPSA) is 44.4 Å². The number of carbonyl (C=O) groups excluding carboxylic acids is 1. The van der Waals surface area contributed by atoms with Crippen molar-refractivity contribution in [3.8, 4) is 0 Å². The molecule has 0 radical (unpaired) electrons.